The molecule has 1 fully saturated rings. The number of benzene rings is 6. The molecule has 0 unspecified atom stereocenters. The monoisotopic (exact) mass is 1070 g/mol. The van der Waals surface area contributed by atoms with Crippen LogP contribution in [0, 0.1) is 27.7 Å². The van der Waals surface area contributed by atoms with Gasteiger partial charge in [0.15, 0.2) is 0 Å². The Morgan fingerprint density at radius 1 is 0.590 bits per heavy atom. The predicted molar refractivity (Wildman–Crippen MR) is 338 cm³/mol. The van der Waals surface area contributed by atoms with Crippen LogP contribution in [0.3, 0.4) is 0 Å². The van der Waals surface area contributed by atoms with Crippen molar-refractivity contribution in [3.63, 3.8) is 0 Å². The van der Waals surface area contributed by atoms with Gasteiger partial charge in [-0.1, -0.05) is 39.5 Å². The summed E-state index contributed by atoms with van der Waals surface area (Å²) in [7, 11) is -9.01. The van der Waals surface area contributed by atoms with Crippen LogP contribution in [0.2, 0.25) is 0 Å². The Kier molecular flexibility index (Phi) is 14.2. The van der Waals surface area contributed by atoms with Gasteiger partial charge in [0.25, 0.3) is 0 Å². The van der Waals surface area contributed by atoms with Gasteiger partial charge in [-0.15, -0.1) is 0 Å². The van der Waals surface area contributed by atoms with Gasteiger partial charge in [0.1, 0.15) is 0 Å². The first-order chi connectivity index (χ1) is 36.6. The van der Waals surface area contributed by atoms with Crippen LogP contribution in [0.5, 0.6) is 11.5 Å². The standard InChI is InChI=1S/C63H76N6OSi2.C6H14/c1-41-29-25-30-42(2)51(41)64-57-71(67(60(8,9)10)55(66-59(5,6)7)45-33-21-19-22-34-45)49-39-27-37-47-53(49)70-54-48(63(47,17)18)38-28-40-50(54)72(57,58(71)65-52-43(3)31-26-32-44(52)4)68(61(11,12)13)56(69(72)62(14,15)16)46-35-23-20-24-36-46;1-3-5-6-4-2/h19-40H,1-18H3;3-6H2,1-2H3. The molecule has 78 heavy (non-hydrogen) atoms. The molecule has 7 nitrogen and oxygen atoms in total. The SMILES string of the molecule is CCCCCC.Cc1cccc(C)c1N=C1[Si]2(N(C(=NC(C)(C)C)c3ccccc3)C(C)(C)C)C(=Nc3c(C)cccc3C)[Si-]13(c1cccc4c1Oc1c(cccc12)C4(C)C)N(C(C)(C)C)C(c1ccccc1)=[N+]3C(C)(C)C. The Labute approximate surface area is 471 Å². The van der Waals surface area contributed by atoms with Crippen molar-refractivity contribution in [2.45, 2.75) is 192 Å². The Morgan fingerprint density at radius 3 is 1.50 bits per heavy atom. The van der Waals surface area contributed by atoms with Gasteiger partial charge in [-0.05, 0) is 0 Å². The van der Waals surface area contributed by atoms with Crippen LogP contribution in [0.4, 0.5) is 11.4 Å². The molecule has 5 aliphatic rings. The van der Waals surface area contributed by atoms with Crippen LogP contribution in [0.25, 0.3) is 0 Å². The van der Waals surface area contributed by atoms with Crippen LogP contribution >= 0.6 is 0 Å². The number of aryl methyl sites for hydroxylation is 4. The number of nitrogens with zero attached hydrogens (tertiary/aromatic N) is 6. The van der Waals surface area contributed by atoms with Crippen molar-refractivity contribution in [1.82, 2.24) is 9.13 Å². The quantitative estimate of drug-likeness (QED) is 0.0660. The summed E-state index contributed by atoms with van der Waals surface area (Å²) >= 11 is 0. The second-order valence-electron chi connectivity index (χ2n) is 27.2. The third kappa shape index (κ3) is 8.29. The summed E-state index contributed by atoms with van der Waals surface area (Å²) in [4.78, 5) is 21.8. The number of aliphatic imine (C=N–C) groups is 3. The van der Waals surface area contributed by atoms with Crippen LogP contribution in [0.1, 0.15) is 181 Å². The van der Waals surface area contributed by atoms with Crippen molar-refractivity contribution < 1.29 is 8.98 Å². The van der Waals surface area contributed by atoms with Gasteiger partial charge >= 0.3 is 434 Å². The number of hydrogen-bond donors (Lipinski definition) is 0. The van der Waals surface area contributed by atoms with Gasteiger partial charge in [0, 0.05) is 0 Å². The topological polar surface area (TPSA) is 55.8 Å². The number of unbranched alkanes of at least 4 members (excludes halogenated alkanes) is 3. The number of hydrogen-bond acceptors (Lipinski definition) is 5. The zero-order valence-electron chi connectivity index (χ0n) is 51.1. The Morgan fingerprint density at radius 2 is 1.05 bits per heavy atom. The molecule has 0 saturated carbocycles. The first-order valence-corrected chi connectivity index (χ1v) is 33.3. The Bertz CT molecular complexity index is 3320. The number of para-hydroxylation sites is 4. The van der Waals surface area contributed by atoms with Crippen LogP contribution < -0.4 is 15.1 Å². The third-order valence-corrected chi connectivity index (χ3v) is 33.0. The van der Waals surface area contributed by atoms with E-state index < -0.39 is 43.5 Å². The number of amidine groups is 2. The molecule has 5 aliphatic heterocycles. The van der Waals surface area contributed by atoms with E-state index in [0.717, 1.165) is 61.7 Å². The van der Waals surface area contributed by atoms with Crippen molar-refractivity contribution in [3.05, 3.63) is 178 Å². The van der Waals surface area contributed by atoms with E-state index in [4.69, 9.17) is 19.7 Å². The van der Waals surface area contributed by atoms with Crippen LogP contribution in [0.15, 0.2) is 148 Å². The molecule has 0 radical (unpaired) electrons. The molecule has 0 N–H and O–H groups in total. The third-order valence-electron chi connectivity index (χ3n) is 16.7. The second-order valence-corrected chi connectivity index (χ2v) is 36.3. The summed E-state index contributed by atoms with van der Waals surface area (Å²) in [5.74, 6) is 3.98. The van der Waals surface area contributed by atoms with E-state index in [1.54, 1.807) is 0 Å². The maximum atomic E-state index is 8.01. The molecule has 1 spiro atoms. The van der Waals surface area contributed by atoms with Crippen molar-refractivity contribution in [2.75, 3.05) is 0 Å². The Hall–Kier alpha value is -6.17. The van der Waals surface area contributed by atoms with Gasteiger partial charge in [-0.25, -0.2) is 0 Å². The molecule has 410 valence electrons. The fourth-order valence-electron chi connectivity index (χ4n) is 14.1. The zero-order chi connectivity index (χ0) is 56.8. The molecule has 6 aromatic rings. The van der Waals surface area contributed by atoms with Gasteiger partial charge in [0.2, 0.25) is 0 Å². The summed E-state index contributed by atoms with van der Waals surface area (Å²) in [6.07, 6.45) is 5.54. The number of ether oxygens (including phenoxy) is 1. The molecule has 0 aromatic heterocycles. The van der Waals surface area contributed by atoms with Crippen LogP contribution in [-0.2, 0) is 5.41 Å². The molecule has 6 aromatic carbocycles. The summed E-state index contributed by atoms with van der Waals surface area (Å²) in [5.41, 5.74) is 8.72. The minimum atomic E-state index is -5.02. The normalized spacial score (nSPS) is 20.3. The number of rotatable bonds is 8. The summed E-state index contributed by atoms with van der Waals surface area (Å²) in [6, 6.07) is 49.4. The van der Waals surface area contributed by atoms with Crippen molar-refractivity contribution in [3.8, 4) is 11.5 Å². The van der Waals surface area contributed by atoms with Crippen molar-refractivity contribution >= 4 is 59.2 Å². The fourth-order valence-corrected chi connectivity index (χ4v) is 35.7. The molecule has 0 aliphatic carbocycles. The second kappa shape index (κ2) is 19.6. The summed E-state index contributed by atoms with van der Waals surface area (Å²) in [6.45, 7) is 46.6. The fraction of sp³-hybridized carbons (Fsp3) is 0.420. The minimum absolute atomic E-state index is 0.417. The molecule has 0 amide bonds. The maximum absolute atomic E-state index is 8.01. The van der Waals surface area contributed by atoms with E-state index in [0.29, 0.717) is 0 Å². The molecular formula is C69H90N6OSi2. The van der Waals surface area contributed by atoms with Gasteiger partial charge < -0.3 is 0 Å². The molecule has 0 atom stereocenters. The molecule has 11 rings (SSSR count). The van der Waals surface area contributed by atoms with E-state index in [-0.39, 0.29) is 0 Å². The molecule has 1 saturated heterocycles. The van der Waals surface area contributed by atoms with E-state index in [1.165, 1.54) is 63.3 Å². The predicted octanol–water partition coefficient (Wildman–Crippen LogP) is 16.1. The average Bonchev–Trinajstić information content (AvgIpc) is 0.616. The van der Waals surface area contributed by atoms with E-state index >= 15 is 0 Å². The average molecular weight is 1080 g/mol. The molecule has 5 heterocycles. The summed E-state index contributed by atoms with van der Waals surface area (Å²) in [5, 5.41) is 2.35. The van der Waals surface area contributed by atoms with Crippen LogP contribution in [-0.4, -0.2) is 73.0 Å². The van der Waals surface area contributed by atoms with Crippen molar-refractivity contribution in [1.29, 1.82) is 0 Å². The first kappa shape index (κ1) is 56.6. The van der Waals surface area contributed by atoms with Gasteiger partial charge in [-0.2, -0.15) is 0 Å². The first-order valence-electron chi connectivity index (χ1n) is 29.0. The van der Waals surface area contributed by atoms with Gasteiger partial charge in [0.05, 0.1) is 0 Å². The van der Waals surface area contributed by atoms with E-state index in [9.17, 15) is 0 Å². The molecule has 4 bridgehead atoms. The van der Waals surface area contributed by atoms with Crippen molar-refractivity contribution in [2.24, 2.45) is 15.0 Å². The molecular weight excluding hydrogens is 985 g/mol. The summed E-state index contributed by atoms with van der Waals surface area (Å²) < 4.78 is 16.6. The van der Waals surface area contributed by atoms with E-state index in [2.05, 4.69) is 285 Å². The zero-order valence-corrected chi connectivity index (χ0v) is 53.1. The van der Waals surface area contributed by atoms with Gasteiger partial charge in [-0.3, -0.25) is 0 Å². The Balaban J connectivity index is 0.00000117. The molecule has 9 heteroatoms. The van der Waals surface area contributed by atoms with E-state index in [1.807, 2.05) is 0 Å².